The minimum Gasteiger partial charge on any atom is -0.496 e. The molecule has 1 fully saturated rings. The summed E-state index contributed by atoms with van der Waals surface area (Å²) in [6.45, 7) is 5.29. The molecule has 0 spiro atoms. The van der Waals surface area contributed by atoms with E-state index >= 15 is 0 Å². The van der Waals surface area contributed by atoms with Crippen LogP contribution in [0, 0.1) is 5.92 Å². The molecule has 2 atom stereocenters. The minimum absolute atomic E-state index is 0.000924. The van der Waals surface area contributed by atoms with Crippen molar-refractivity contribution < 1.29 is 33.2 Å². The van der Waals surface area contributed by atoms with E-state index in [0.717, 1.165) is 16.7 Å². The van der Waals surface area contributed by atoms with Crippen LogP contribution in [-0.2, 0) is 4.74 Å². The molecule has 0 saturated carbocycles. The van der Waals surface area contributed by atoms with Crippen LogP contribution in [0.2, 0.25) is 0 Å². The molecule has 0 aromatic heterocycles. The molecule has 1 saturated heterocycles. The Balaban J connectivity index is 2.31. The molecule has 3 rings (SSSR count). The van der Waals surface area contributed by atoms with Gasteiger partial charge >= 0.3 is 0 Å². The van der Waals surface area contributed by atoms with Gasteiger partial charge in [0.1, 0.15) is 17.2 Å². The van der Waals surface area contributed by atoms with E-state index in [1.807, 2.05) is 24.3 Å². The van der Waals surface area contributed by atoms with Crippen molar-refractivity contribution in [3.63, 3.8) is 0 Å². The van der Waals surface area contributed by atoms with Gasteiger partial charge in [0, 0.05) is 29.5 Å². The van der Waals surface area contributed by atoms with Crippen molar-refractivity contribution in [2.45, 2.75) is 5.92 Å². The highest BCUT2D eigenvalue weighted by Gasteiger charge is 2.36. The lowest BCUT2D eigenvalue weighted by atomic mass is 9.77. The molecule has 7 nitrogen and oxygen atoms in total. The molecule has 2 aromatic carbocycles. The molecule has 0 bridgehead atoms. The van der Waals surface area contributed by atoms with Crippen LogP contribution < -0.4 is 28.4 Å². The molecule has 1 aliphatic heterocycles. The molecule has 0 aliphatic carbocycles. The van der Waals surface area contributed by atoms with Gasteiger partial charge < -0.3 is 33.2 Å². The van der Waals surface area contributed by atoms with E-state index in [1.54, 1.807) is 42.7 Å². The molecule has 1 heterocycles. The average molecular weight is 430 g/mol. The minimum atomic E-state index is -0.195. The number of hydrogen-bond acceptors (Lipinski definition) is 7. The maximum Gasteiger partial charge on any atom is 0.203 e. The molecular formula is C24H30O7. The maximum atomic E-state index is 5.77. The normalized spacial score (nSPS) is 16.6. The van der Waals surface area contributed by atoms with Crippen molar-refractivity contribution in [2.24, 2.45) is 5.92 Å². The van der Waals surface area contributed by atoms with Crippen molar-refractivity contribution in [1.29, 1.82) is 0 Å². The summed E-state index contributed by atoms with van der Waals surface area (Å²) in [6, 6.07) is 7.59. The second kappa shape index (κ2) is 9.83. The summed E-state index contributed by atoms with van der Waals surface area (Å²) in [5.74, 6) is 3.41. The van der Waals surface area contributed by atoms with Crippen LogP contribution >= 0.6 is 0 Å². The SMILES string of the molecule is C=C1COC[C@@H]1[C@H](c1cc(OC)c(OC)c(OC)c1)c1c(OC)cc(OC)cc1OC. The Morgan fingerprint density at radius 1 is 0.774 bits per heavy atom. The van der Waals surface area contributed by atoms with Crippen LogP contribution in [-0.4, -0.2) is 55.9 Å². The van der Waals surface area contributed by atoms with E-state index in [9.17, 15) is 0 Å². The first-order valence-corrected chi connectivity index (χ1v) is 9.88. The highest BCUT2D eigenvalue weighted by Crippen LogP contribution is 2.50. The monoisotopic (exact) mass is 430 g/mol. The molecule has 1 aliphatic rings. The molecule has 2 aromatic rings. The van der Waals surface area contributed by atoms with Crippen LogP contribution in [0.15, 0.2) is 36.4 Å². The van der Waals surface area contributed by atoms with Gasteiger partial charge in [-0.05, 0) is 23.3 Å². The summed E-state index contributed by atoms with van der Waals surface area (Å²) in [7, 11) is 9.65. The molecule has 0 N–H and O–H groups in total. The van der Waals surface area contributed by atoms with E-state index in [-0.39, 0.29) is 11.8 Å². The first kappa shape index (κ1) is 22.6. The highest BCUT2D eigenvalue weighted by atomic mass is 16.5. The zero-order valence-corrected chi connectivity index (χ0v) is 18.9. The molecular weight excluding hydrogens is 400 g/mol. The van der Waals surface area contributed by atoms with Gasteiger partial charge in [-0.2, -0.15) is 0 Å². The lowest BCUT2D eigenvalue weighted by Crippen LogP contribution is -2.18. The zero-order chi connectivity index (χ0) is 22.5. The summed E-state index contributed by atoms with van der Waals surface area (Å²) >= 11 is 0. The third kappa shape index (κ3) is 4.23. The summed E-state index contributed by atoms with van der Waals surface area (Å²) in [5.41, 5.74) is 2.81. The van der Waals surface area contributed by atoms with Crippen LogP contribution in [0.3, 0.4) is 0 Å². The van der Waals surface area contributed by atoms with Crippen LogP contribution in [0.4, 0.5) is 0 Å². The van der Waals surface area contributed by atoms with E-state index in [2.05, 4.69) is 6.58 Å². The molecule has 7 heteroatoms. The van der Waals surface area contributed by atoms with E-state index in [4.69, 9.17) is 33.2 Å². The molecule has 0 radical (unpaired) electrons. The second-order valence-electron chi connectivity index (χ2n) is 7.16. The quantitative estimate of drug-likeness (QED) is 0.556. The van der Waals surface area contributed by atoms with Crippen LogP contribution in [0.1, 0.15) is 17.0 Å². The summed E-state index contributed by atoms with van der Waals surface area (Å²) in [6.07, 6.45) is 0. The van der Waals surface area contributed by atoms with Crippen molar-refractivity contribution >= 4 is 0 Å². The zero-order valence-electron chi connectivity index (χ0n) is 18.9. The predicted molar refractivity (Wildman–Crippen MR) is 117 cm³/mol. The van der Waals surface area contributed by atoms with Gasteiger partial charge in [0.2, 0.25) is 5.75 Å². The fourth-order valence-electron chi connectivity index (χ4n) is 4.09. The van der Waals surface area contributed by atoms with Gasteiger partial charge in [0.25, 0.3) is 0 Å². The van der Waals surface area contributed by atoms with Crippen molar-refractivity contribution in [1.82, 2.24) is 0 Å². The lowest BCUT2D eigenvalue weighted by Gasteiger charge is -2.29. The van der Waals surface area contributed by atoms with Crippen LogP contribution in [0.5, 0.6) is 34.5 Å². The first-order valence-electron chi connectivity index (χ1n) is 9.88. The van der Waals surface area contributed by atoms with Crippen molar-refractivity contribution in [3.05, 3.63) is 47.5 Å². The summed E-state index contributed by atoms with van der Waals surface area (Å²) in [4.78, 5) is 0. The number of ether oxygens (including phenoxy) is 7. The largest absolute Gasteiger partial charge is 0.496 e. The van der Waals surface area contributed by atoms with Crippen molar-refractivity contribution in [3.8, 4) is 34.5 Å². The molecule has 0 unspecified atom stereocenters. The van der Waals surface area contributed by atoms with E-state index in [1.165, 1.54) is 0 Å². The Morgan fingerprint density at radius 3 is 1.71 bits per heavy atom. The standard InChI is InChI=1S/C24H30O7/c1-14-12-31-13-17(14)22(15-8-20(28-5)24(30-7)21(9-15)29-6)23-18(26-3)10-16(25-2)11-19(23)27-4/h8-11,17,22H,1,12-13H2,2-7H3/t17-,22-/m0/s1. The van der Waals surface area contributed by atoms with Gasteiger partial charge in [-0.15, -0.1) is 0 Å². The van der Waals surface area contributed by atoms with Crippen molar-refractivity contribution in [2.75, 3.05) is 55.9 Å². The van der Waals surface area contributed by atoms with Gasteiger partial charge in [-0.3, -0.25) is 0 Å². The topological polar surface area (TPSA) is 64.6 Å². The number of methoxy groups -OCH3 is 6. The number of rotatable bonds is 9. The Morgan fingerprint density at radius 2 is 1.32 bits per heavy atom. The smallest absolute Gasteiger partial charge is 0.203 e. The third-order valence-electron chi connectivity index (χ3n) is 5.62. The Hall–Kier alpha value is -3.06. The maximum absolute atomic E-state index is 5.77. The van der Waals surface area contributed by atoms with Crippen LogP contribution in [0.25, 0.3) is 0 Å². The molecule has 168 valence electrons. The molecule has 31 heavy (non-hydrogen) atoms. The predicted octanol–water partition coefficient (Wildman–Crippen LogP) is 4.07. The van der Waals surface area contributed by atoms with Gasteiger partial charge in [0.05, 0.1) is 55.9 Å². The fraction of sp³-hybridized carbons (Fsp3) is 0.417. The Labute approximate surface area is 183 Å². The number of benzene rings is 2. The van der Waals surface area contributed by atoms with Gasteiger partial charge in [-0.1, -0.05) is 6.58 Å². The third-order valence-corrected chi connectivity index (χ3v) is 5.62. The Bertz CT molecular complexity index is 888. The highest BCUT2D eigenvalue weighted by molar-refractivity contribution is 5.60. The average Bonchev–Trinajstić information content (AvgIpc) is 3.23. The number of hydrogen-bond donors (Lipinski definition) is 0. The summed E-state index contributed by atoms with van der Waals surface area (Å²) in [5, 5.41) is 0. The lowest BCUT2D eigenvalue weighted by molar-refractivity contribution is 0.184. The molecule has 0 amide bonds. The van der Waals surface area contributed by atoms with E-state index < -0.39 is 0 Å². The first-order chi connectivity index (χ1) is 15.0. The fourth-order valence-corrected chi connectivity index (χ4v) is 4.09. The van der Waals surface area contributed by atoms with E-state index in [0.29, 0.717) is 47.7 Å². The Kier molecular flexibility index (Phi) is 7.17. The second-order valence-corrected chi connectivity index (χ2v) is 7.16. The van der Waals surface area contributed by atoms with Gasteiger partial charge in [0.15, 0.2) is 11.5 Å². The summed E-state index contributed by atoms with van der Waals surface area (Å²) < 4.78 is 39.4. The van der Waals surface area contributed by atoms with Gasteiger partial charge in [-0.25, -0.2) is 0 Å².